The summed E-state index contributed by atoms with van der Waals surface area (Å²) in [6.45, 7) is 14.6. The van der Waals surface area contributed by atoms with E-state index in [0.29, 0.717) is 24.4 Å². The molecule has 2 aliphatic carbocycles. The lowest BCUT2D eigenvalue weighted by molar-refractivity contribution is -0.147. The molecule has 4 rings (SSSR count). The highest BCUT2D eigenvalue weighted by Gasteiger charge is 2.49. The number of fused-ring (bicyclic) bond motifs is 2. The molecule has 2 aromatic rings. The lowest BCUT2D eigenvalue weighted by Crippen LogP contribution is -2.45. The summed E-state index contributed by atoms with van der Waals surface area (Å²) in [4.78, 5) is 12.5. The molecule has 0 radical (unpaired) electrons. The van der Waals surface area contributed by atoms with Gasteiger partial charge in [0.2, 0.25) is 0 Å². The number of hydrogen-bond acceptors (Lipinski definition) is 6. The largest absolute Gasteiger partial charge is 0.482 e. The van der Waals surface area contributed by atoms with Gasteiger partial charge in [0.05, 0.1) is 19.3 Å². The number of esters is 1. The van der Waals surface area contributed by atoms with Crippen molar-refractivity contribution in [3.63, 3.8) is 0 Å². The monoisotopic (exact) mass is 638 g/mol. The number of aliphatic hydroxyl groups excluding tert-OH is 1. The first-order valence-electron chi connectivity index (χ1n) is 17.4. The van der Waals surface area contributed by atoms with Crippen LogP contribution in [0.3, 0.4) is 0 Å². The van der Waals surface area contributed by atoms with Gasteiger partial charge in [-0.3, -0.25) is 0 Å². The molecule has 0 amide bonds. The number of rotatable bonds is 17. The number of benzene rings is 2. The maximum atomic E-state index is 12.5. The van der Waals surface area contributed by atoms with Crippen LogP contribution in [0, 0.1) is 17.8 Å². The maximum Gasteiger partial charge on any atom is 0.344 e. The van der Waals surface area contributed by atoms with Crippen molar-refractivity contribution < 1.29 is 28.5 Å². The minimum atomic E-state index is -1.97. The highest BCUT2D eigenvalue weighted by molar-refractivity contribution is 6.74. The van der Waals surface area contributed by atoms with Crippen LogP contribution in [-0.2, 0) is 38.1 Å². The van der Waals surface area contributed by atoms with E-state index in [1.165, 1.54) is 30.4 Å². The number of aliphatic hydroxyl groups is 1. The Hall–Kier alpha value is -2.19. The molecule has 0 aromatic heterocycles. The molecule has 6 nitrogen and oxygen atoms in total. The predicted molar refractivity (Wildman–Crippen MR) is 183 cm³/mol. The van der Waals surface area contributed by atoms with Gasteiger partial charge < -0.3 is 23.7 Å². The van der Waals surface area contributed by atoms with Gasteiger partial charge in [0.25, 0.3) is 0 Å². The molecule has 45 heavy (non-hydrogen) atoms. The standard InChI is InChI=1S/C38H58O6Si/c1-7-8-10-17-31(41-22-21-39)19-20-32-33-23-29-16-13-18-35(42-27-37(40)43-26-28-14-11-9-12-15-28)34(29)24-30(33)25-36(32)44-45(5,6)38(2,3)4/h9,11-16,18,30-33,36,39H,7-8,10,17,19-27H2,1-6H3/t30-,31-,32+,33-,36+/m0/s1. The van der Waals surface area contributed by atoms with Crippen LogP contribution in [0.15, 0.2) is 48.5 Å². The van der Waals surface area contributed by atoms with Gasteiger partial charge in [-0.05, 0) is 97.2 Å². The molecular formula is C38H58O6Si. The van der Waals surface area contributed by atoms with Gasteiger partial charge >= 0.3 is 5.97 Å². The maximum absolute atomic E-state index is 12.5. The second kappa shape index (κ2) is 16.6. The molecule has 1 saturated carbocycles. The Balaban J connectivity index is 1.46. The Labute approximate surface area is 273 Å². The van der Waals surface area contributed by atoms with Gasteiger partial charge in [0, 0.05) is 6.10 Å². The highest BCUT2D eigenvalue weighted by atomic mass is 28.4. The Morgan fingerprint density at radius 3 is 2.51 bits per heavy atom. The van der Waals surface area contributed by atoms with Gasteiger partial charge in [0.1, 0.15) is 12.4 Å². The predicted octanol–water partition coefficient (Wildman–Crippen LogP) is 8.29. The zero-order chi connectivity index (χ0) is 32.5. The lowest BCUT2D eigenvalue weighted by Gasteiger charge is -2.40. The second-order valence-electron chi connectivity index (χ2n) is 14.8. The third-order valence-corrected chi connectivity index (χ3v) is 15.1. The molecule has 5 atom stereocenters. The number of carbonyl (C=O) groups is 1. The van der Waals surface area contributed by atoms with Gasteiger partial charge in [-0.25, -0.2) is 4.79 Å². The third-order valence-electron chi connectivity index (χ3n) is 10.6. The van der Waals surface area contributed by atoms with Crippen molar-refractivity contribution in [2.24, 2.45) is 17.8 Å². The molecule has 0 unspecified atom stereocenters. The first kappa shape index (κ1) is 35.7. The zero-order valence-electron chi connectivity index (χ0n) is 28.7. The van der Waals surface area contributed by atoms with E-state index >= 15 is 0 Å². The summed E-state index contributed by atoms with van der Waals surface area (Å²) in [6, 6.07) is 16.0. The van der Waals surface area contributed by atoms with Crippen molar-refractivity contribution in [1.29, 1.82) is 0 Å². The minimum absolute atomic E-state index is 0.0709. The van der Waals surface area contributed by atoms with Crippen molar-refractivity contribution in [2.75, 3.05) is 19.8 Å². The summed E-state index contributed by atoms with van der Waals surface area (Å²) >= 11 is 0. The molecule has 0 bridgehead atoms. The SMILES string of the molecule is CCCCC[C@@H](CC[C@@H]1[C@H]2Cc3cccc(OCC(=O)OCc4ccccc4)c3C[C@H]2C[C@H]1O[Si](C)(C)C(C)(C)C)OCCO. The van der Waals surface area contributed by atoms with Crippen molar-refractivity contribution in [1.82, 2.24) is 0 Å². The van der Waals surface area contributed by atoms with E-state index in [2.05, 4.69) is 52.9 Å². The number of hydrogen-bond donors (Lipinski definition) is 1. The van der Waals surface area contributed by atoms with E-state index < -0.39 is 8.32 Å². The van der Waals surface area contributed by atoms with Gasteiger partial charge in [-0.2, -0.15) is 0 Å². The molecule has 0 aliphatic heterocycles. The van der Waals surface area contributed by atoms with Crippen LogP contribution < -0.4 is 4.74 Å². The third kappa shape index (κ3) is 9.90. The first-order valence-corrected chi connectivity index (χ1v) is 20.3. The fourth-order valence-corrected chi connectivity index (χ4v) is 8.43. The Morgan fingerprint density at radius 2 is 1.80 bits per heavy atom. The van der Waals surface area contributed by atoms with Gasteiger partial charge in [0.15, 0.2) is 14.9 Å². The quantitative estimate of drug-likeness (QED) is 0.107. The van der Waals surface area contributed by atoms with Gasteiger partial charge in [-0.1, -0.05) is 89.4 Å². The van der Waals surface area contributed by atoms with E-state index in [4.69, 9.17) is 18.6 Å². The van der Waals surface area contributed by atoms with Gasteiger partial charge in [-0.15, -0.1) is 0 Å². The van der Waals surface area contributed by atoms with Crippen molar-refractivity contribution in [2.45, 2.75) is 122 Å². The summed E-state index contributed by atoms with van der Waals surface area (Å²) in [5.41, 5.74) is 3.54. The Bertz CT molecular complexity index is 1190. The fraction of sp³-hybridized carbons (Fsp3) is 0.658. The molecule has 2 aliphatic rings. The molecule has 1 N–H and O–H groups in total. The molecule has 0 saturated heterocycles. The number of unbranched alkanes of at least 4 members (excludes halogenated alkanes) is 2. The average Bonchev–Trinajstić information content (AvgIpc) is 3.33. The van der Waals surface area contributed by atoms with Crippen LogP contribution in [0.1, 0.15) is 89.3 Å². The average molecular weight is 639 g/mol. The molecule has 7 heteroatoms. The van der Waals surface area contributed by atoms with Crippen LogP contribution in [0.4, 0.5) is 0 Å². The highest BCUT2D eigenvalue weighted by Crippen LogP contribution is 2.51. The smallest absolute Gasteiger partial charge is 0.344 e. The van der Waals surface area contributed by atoms with Crippen LogP contribution >= 0.6 is 0 Å². The summed E-state index contributed by atoms with van der Waals surface area (Å²) in [5.74, 6) is 1.99. The summed E-state index contributed by atoms with van der Waals surface area (Å²) in [6.07, 6.45) is 10.2. The topological polar surface area (TPSA) is 74.2 Å². The molecule has 1 fully saturated rings. The number of ether oxygens (including phenoxy) is 3. The molecule has 0 spiro atoms. The molecule has 2 aromatic carbocycles. The Kier molecular flexibility index (Phi) is 13.1. The van der Waals surface area contributed by atoms with E-state index in [0.717, 1.165) is 49.8 Å². The molecular weight excluding hydrogens is 580 g/mol. The second-order valence-corrected chi connectivity index (χ2v) is 19.5. The van der Waals surface area contributed by atoms with Crippen LogP contribution in [0.5, 0.6) is 5.75 Å². The summed E-state index contributed by atoms with van der Waals surface area (Å²) in [5, 5.41) is 9.60. The van der Waals surface area contributed by atoms with Crippen LogP contribution in [-0.4, -0.2) is 51.4 Å². The Morgan fingerprint density at radius 1 is 1.02 bits per heavy atom. The lowest BCUT2D eigenvalue weighted by atomic mass is 9.73. The van der Waals surface area contributed by atoms with E-state index in [1.807, 2.05) is 36.4 Å². The number of carbonyl (C=O) groups excluding carboxylic acids is 1. The zero-order valence-corrected chi connectivity index (χ0v) is 29.7. The molecule has 250 valence electrons. The van der Waals surface area contributed by atoms with Crippen LogP contribution in [0.25, 0.3) is 0 Å². The fourth-order valence-electron chi connectivity index (χ4n) is 7.05. The van der Waals surface area contributed by atoms with E-state index in [-0.39, 0.29) is 43.0 Å². The first-order chi connectivity index (χ1) is 21.5. The summed E-state index contributed by atoms with van der Waals surface area (Å²) < 4.78 is 24.9. The van der Waals surface area contributed by atoms with E-state index in [1.54, 1.807) is 0 Å². The van der Waals surface area contributed by atoms with Crippen molar-refractivity contribution in [3.8, 4) is 5.75 Å². The van der Waals surface area contributed by atoms with Crippen LogP contribution in [0.2, 0.25) is 18.1 Å². The van der Waals surface area contributed by atoms with Crippen molar-refractivity contribution in [3.05, 3.63) is 65.2 Å². The summed E-state index contributed by atoms with van der Waals surface area (Å²) in [7, 11) is -1.97. The molecule has 0 heterocycles. The normalized spacial score (nSPS) is 22.0. The van der Waals surface area contributed by atoms with Crippen molar-refractivity contribution >= 4 is 14.3 Å². The van der Waals surface area contributed by atoms with E-state index in [9.17, 15) is 9.90 Å². The minimum Gasteiger partial charge on any atom is -0.482 e.